The summed E-state index contributed by atoms with van der Waals surface area (Å²) in [5.41, 5.74) is 0.931. The fourth-order valence-corrected chi connectivity index (χ4v) is 4.70. The number of nitrogens with one attached hydrogen (secondary N) is 1. The Bertz CT molecular complexity index is 594. The summed E-state index contributed by atoms with van der Waals surface area (Å²) in [5, 5.41) is 3.49. The molecule has 0 spiro atoms. The molecule has 1 aliphatic heterocycles. The van der Waals surface area contributed by atoms with E-state index in [0.29, 0.717) is 36.5 Å². The third-order valence-electron chi connectivity index (χ3n) is 4.15. The molecule has 118 valence electrons. The molecule has 21 heavy (non-hydrogen) atoms. The summed E-state index contributed by atoms with van der Waals surface area (Å²) in [6.07, 6.45) is 0. The van der Waals surface area contributed by atoms with Crippen molar-refractivity contribution >= 4 is 21.6 Å². The molecule has 0 aromatic heterocycles. The van der Waals surface area contributed by atoms with Gasteiger partial charge in [0.1, 0.15) is 4.90 Å². The lowest BCUT2D eigenvalue weighted by atomic mass is 10.0. The van der Waals surface area contributed by atoms with Crippen molar-refractivity contribution in [3.63, 3.8) is 0 Å². The first-order valence-corrected chi connectivity index (χ1v) is 9.17. The van der Waals surface area contributed by atoms with Crippen molar-refractivity contribution in [1.29, 1.82) is 0 Å². The van der Waals surface area contributed by atoms with E-state index in [1.54, 1.807) is 16.4 Å². The average Bonchev–Trinajstić information content (AvgIpc) is 2.78. The molecule has 1 aromatic carbocycles. The lowest BCUT2D eigenvalue weighted by Gasteiger charge is -2.18. The van der Waals surface area contributed by atoms with Crippen molar-refractivity contribution in [2.45, 2.75) is 32.2 Å². The van der Waals surface area contributed by atoms with Crippen LogP contribution in [-0.4, -0.2) is 32.4 Å². The maximum Gasteiger partial charge on any atom is 0.244 e. The van der Waals surface area contributed by atoms with Crippen molar-refractivity contribution in [3.05, 3.63) is 28.8 Å². The summed E-state index contributed by atoms with van der Waals surface area (Å²) in [6.45, 7) is 8.80. The van der Waals surface area contributed by atoms with Gasteiger partial charge in [-0.2, -0.15) is 4.31 Å². The summed E-state index contributed by atoms with van der Waals surface area (Å²) in [4.78, 5) is 0.223. The molecule has 0 radical (unpaired) electrons. The molecular weight excluding hydrogens is 308 g/mol. The number of hydrogen-bond donors (Lipinski definition) is 1. The van der Waals surface area contributed by atoms with Gasteiger partial charge in [0.15, 0.2) is 0 Å². The van der Waals surface area contributed by atoms with Crippen LogP contribution in [0.5, 0.6) is 0 Å². The van der Waals surface area contributed by atoms with Crippen LogP contribution in [0.2, 0.25) is 5.02 Å². The van der Waals surface area contributed by atoms with Crippen molar-refractivity contribution in [2.24, 2.45) is 11.8 Å². The predicted octanol–water partition coefficient (Wildman–Crippen LogP) is 2.73. The van der Waals surface area contributed by atoms with E-state index in [0.717, 1.165) is 12.1 Å². The summed E-state index contributed by atoms with van der Waals surface area (Å²) in [7, 11) is -3.51. The van der Waals surface area contributed by atoms with Crippen LogP contribution in [0.4, 0.5) is 0 Å². The molecule has 1 saturated heterocycles. The molecule has 6 heteroatoms. The molecule has 2 atom stereocenters. The Kier molecular flexibility index (Phi) is 5.30. The minimum atomic E-state index is -3.51. The van der Waals surface area contributed by atoms with E-state index in [1.807, 2.05) is 13.0 Å². The fraction of sp³-hybridized carbons (Fsp3) is 0.600. The highest BCUT2D eigenvalue weighted by Crippen LogP contribution is 2.31. The zero-order chi connectivity index (χ0) is 15.6. The molecule has 0 amide bonds. The van der Waals surface area contributed by atoms with Crippen LogP contribution < -0.4 is 5.32 Å². The minimum Gasteiger partial charge on any atom is -0.313 e. The largest absolute Gasteiger partial charge is 0.313 e. The van der Waals surface area contributed by atoms with Crippen molar-refractivity contribution in [1.82, 2.24) is 9.62 Å². The molecule has 1 N–H and O–H groups in total. The van der Waals surface area contributed by atoms with Crippen LogP contribution in [0.25, 0.3) is 0 Å². The van der Waals surface area contributed by atoms with Crippen LogP contribution in [0, 0.1) is 11.8 Å². The van der Waals surface area contributed by atoms with E-state index in [9.17, 15) is 8.42 Å². The number of rotatable bonds is 5. The molecule has 2 unspecified atom stereocenters. The number of benzene rings is 1. The molecular formula is C15H23ClN2O2S. The smallest absolute Gasteiger partial charge is 0.244 e. The lowest BCUT2D eigenvalue weighted by molar-refractivity contribution is 0.463. The van der Waals surface area contributed by atoms with Gasteiger partial charge >= 0.3 is 0 Å². The Labute approximate surface area is 132 Å². The van der Waals surface area contributed by atoms with Gasteiger partial charge in [-0.3, -0.25) is 0 Å². The van der Waals surface area contributed by atoms with Crippen LogP contribution >= 0.6 is 11.6 Å². The van der Waals surface area contributed by atoms with Gasteiger partial charge in [0.25, 0.3) is 0 Å². The molecule has 0 aliphatic carbocycles. The van der Waals surface area contributed by atoms with E-state index in [1.165, 1.54) is 0 Å². The number of hydrogen-bond acceptors (Lipinski definition) is 3. The quantitative estimate of drug-likeness (QED) is 0.903. The third-order valence-corrected chi connectivity index (χ3v) is 6.46. The Balaban J connectivity index is 2.31. The lowest BCUT2D eigenvalue weighted by Crippen LogP contribution is -2.29. The molecule has 1 aromatic rings. The normalized spacial score (nSPS) is 23.6. The van der Waals surface area contributed by atoms with E-state index in [-0.39, 0.29) is 4.90 Å². The number of nitrogens with zero attached hydrogens (tertiary/aromatic N) is 1. The molecule has 1 fully saturated rings. The first-order chi connectivity index (χ1) is 9.86. The van der Waals surface area contributed by atoms with Gasteiger partial charge in [0.2, 0.25) is 10.0 Å². The van der Waals surface area contributed by atoms with Crippen molar-refractivity contribution in [2.75, 3.05) is 19.6 Å². The molecule has 1 aliphatic rings. The Morgan fingerprint density at radius 1 is 1.29 bits per heavy atom. The first-order valence-electron chi connectivity index (χ1n) is 7.35. The van der Waals surface area contributed by atoms with E-state index in [2.05, 4.69) is 19.2 Å². The second kappa shape index (κ2) is 6.65. The standard InChI is InChI=1S/C15H23ClN2O2S/c1-4-17-8-13-5-6-14(16)15(7-13)21(19,20)18-9-11(2)12(3)10-18/h5-7,11-12,17H,4,8-10H2,1-3H3. The Morgan fingerprint density at radius 2 is 1.90 bits per heavy atom. The third kappa shape index (κ3) is 3.59. The second-order valence-corrected chi connectivity index (χ2v) is 8.14. The Morgan fingerprint density at radius 3 is 2.48 bits per heavy atom. The summed E-state index contributed by atoms with van der Waals surface area (Å²) >= 11 is 6.14. The minimum absolute atomic E-state index is 0.223. The highest BCUT2D eigenvalue weighted by atomic mass is 35.5. The SMILES string of the molecule is CCNCc1ccc(Cl)c(S(=O)(=O)N2CC(C)C(C)C2)c1. The average molecular weight is 331 g/mol. The highest BCUT2D eigenvalue weighted by molar-refractivity contribution is 7.89. The fourth-order valence-electron chi connectivity index (χ4n) is 2.54. The topological polar surface area (TPSA) is 49.4 Å². The van der Waals surface area contributed by atoms with Gasteiger partial charge in [-0.15, -0.1) is 0 Å². The maximum absolute atomic E-state index is 12.8. The first kappa shape index (κ1) is 16.7. The molecule has 2 rings (SSSR count). The van der Waals surface area contributed by atoms with Gasteiger partial charge in [-0.1, -0.05) is 38.4 Å². The van der Waals surface area contributed by atoms with Gasteiger partial charge in [0, 0.05) is 19.6 Å². The van der Waals surface area contributed by atoms with Crippen molar-refractivity contribution in [3.8, 4) is 0 Å². The summed E-state index contributed by atoms with van der Waals surface area (Å²) in [6, 6.07) is 5.22. The molecule has 0 bridgehead atoms. The van der Waals surface area contributed by atoms with E-state index >= 15 is 0 Å². The van der Waals surface area contributed by atoms with Gasteiger partial charge in [-0.25, -0.2) is 8.42 Å². The van der Waals surface area contributed by atoms with Gasteiger partial charge < -0.3 is 5.32 Å². The van der Waals surface area contributed by atoms with Crippen LogP contribution in [-0.2, 0) is 16.6 Å². The van der Waals surface area contributed by atoms with Crippen LogP contribution in [0.15, 0.2) is 23.1 Å². The zero-order valence-electron chi connectivity index (χ0n) is 12.8. The van der Waals surface area contributed by atoms with Gasteiger partial charge in [-0.05, 0) is 36.1 Å². The summed E-state index contributed by atoms with van der Waals surface area (Å²) in [5.74, 6) is 0.756. The Hall–Kier alpha value is -0.620. The predicted molar refractivity (Wildman–Crippen MR) is 85.9 cm³/mol. The highest BCUT2D eigenvalue weighted by Gasteiger charge is 2.35. The maximum atomic E-state index is 12.8. The number of halogens is 1. The van der Waals surface area contributed by atoms with E-state index in [4.69, 9.17) is 11.6 Å². The van der Waals surface area contributed by atoms with Crippen LogP contribution in [0.3, 0.4) is 0 Å². The molecule has 0 saturated carbocycles. The van der Waals surface area contributed by atoms with Crippen molar-refractivity contribution < 1.29 is 8.42 Å². The van der Waals surface area contributed by atoms with E-state index < -0.39 is 10.0 Å². The molecule has 4 nitrogen and oxygen atoms in total. The monoisotopic (exact) mass is 330 g/mol. The summed E-state index contributed by atoms with van der Waals surface area (Å²) < 4.78 is 27.1. The molecule has 1 heterocycles. The van der Waals surface area contributed by atoms with Crippen LogP contribution in [0.1, 0.15) is 26.3 Å². The second-order valence-electron chi connectivity index (χ2n) is 5.82. The zero-order valence-corrected chi connectivity index (χ0v) is 14.3. The van der Waals surface area contributed by atoms with Gasteiger partial charge in [0.05, 0.1) is 5.02 Å². The number of sulfonamides is 1.